The van der Waals surface area contributed by atoms with Gasteiger partial charge in [0.05, 0.1) is 4.92 Å². The van der Waals surface area contributed by atoms with Gasteiger partial charge in [-0.3, -0.25) is 15.1 Å². The number of nitro benzene ring substituents is 1. The van der Waals surface area contributed by atoms with E-state index in [0.717, 1.165) is 38.0 Å². The zero-order valence-electron chi connectivity index (χ0n) is 15.8. The molecule has 0 aliphatic carbocycles. The van der Waals surface area contributed by atoms with E-state index in [2.05, 4.69) is 41.3 Å². The van der Waals surface area contributed by atoms with Crippen LogP contribution in [0.15, 0.2) is 29.3 Å². The van der Waals surface area contributed by atoms with Crippen LogP contribution in [0, 0.1) is 10.1 Å². The first-order valence-corrected chi connectivity index (χ1v) is 8.93. The third-order valence-electron chi connectivity index (χ3n) is 4.19. The Morgan fingerprint density at radius 3 is 2.68 bits per heavy atom. The SMILES string of the molecule is CCN(CC)CCCC(C)NC(=NC)NCc1cccc([N+](=O)[O-])c1. The summed E-state index contributed by atoms with van der Waals surface area (Å²) >= 11 is 0. The van der Waals surface area contributed by atoms with Gasteiger partial charge in [0.1, 0.15) is 0 Å². The van der Waals surface area contributed by atoms with Gasteiger partial charge in [0.15, 0.2) is 5.96 Å². The predicted molar refractivity (Wildman–Crippen MR) is 103 cm³/mol. The number of guanidine groups is 1. The molecule has 0 radical (unpaired) electrons. The van der Waals surface area contributed by atoms with Crippen molar-refractivity contribution in [3.63, 3.8) is 0 Å². The van der Waals surface area contributed by atoms with Gasteiger partial charge in [-0.1, -0.05) is 26.0 Å². The van der Waals surface area contributed by atoms with Gasteiger partial charge in [-0.05, 0) is 45.0 Å². The monoisotopic (exact) mass is 349 g/mol. The molecule has 7 heteroatoms. The lowest BCUT2D eigenvalue weighted by molar-refractivity contribution is -0.384. The highest BCUT2D eigenvalue weighted by Gasteiger charge is 2.08. The van der Waals surface area contributed by atoms with Crippen LogP contribution in [0.5, 0.6) is 0 Å². The van der Waals surface area contributed by atoms with Gasteiger partial charge in [0, 0.05) is 31.8 Å². The molecule has 2 N–H and O–H groups in total. The zero-order valence-corrected chi connectivity index (χ0v) is 15.8. The highest BCUT2D eigenvalue weighted by molar-refractivity contribution is 5.79. The van der Waals surface area contributed by atoms with Crippen LogP contribution in [-0.2, 0) is 6.54 Å². The molecule has 1 aromatic carbocycles. The van der Waals surface area contributed by atoms with Gasteiger partial charge in [-0.15, -0.1) is 0 Å². The molecule has 140 valence electrons. The van der Waals surface area contributed by atoms with E-state index < -0.39 is 0 Å². The van der Waals surface area contributed by atoms with Crippen LogP contribution < -0.4 is 10.6 Å². The minimum absolute atomic E-state index is 0.104. The zero-order chi connectivity index (χ0) is 18.7. The maximum absolute atomic E-state index is 10.8. The molecule has 0 heterocycles. The fourth-order valence-corrected chi connectivity index (χ4v) is 2.63. The Labute approximate surface area is 150 Å². The first-order valence-electron chi connectivity index (χ1n) is 8.93. The number of benzene rings is 1. The molecule has 1 aromatic rings. The first-order chi connectivity index (χ1) is 12.0. The van der Waals surface area contributed by atoms with Crippen LogP contribution in [-0.4, -0.2) is 48.5 Å². The van der Waals surface area contributed by atoms with E-state index in [1.165, 1.54) is 6.07 Å². The van der Waals surface area contributed by atoms with Crippen LogP contribution in [0.3, 0.4) is 0 Å². The van der Waals surface area contributed by atoms with Gasteiger partial charge in [-0.2, -0.15) is 0 Å². The summed E-state index contributed by atoms with van der Waals surface area (Å²) in [7, 11) is 1.73. The first kappa shape index (κ1) is 20.9. The van der Waals surface area contributed by atoms with E-state index in [1.807, 2.05) is 6.07 Å². The van der Waals surface area contributed by atoms with E-state index in [1.54, 1.807) is 19.2 Å². The van der Waals surface area contributed by atoms with Crippen molar-refractivity contribution in [3.8, 4) is 0 Å². The van der Waals surface area contributed by atoms with Crippen molar-refractivity contribution in [3.05, 3.63) is 39.9 Å². The maximum Gasteiger partial charge on any atom is 0.269 e. The fraction of sp³-hybridized carbons (Fsp3) is 0.611. The second kappa shape index (κ2) is 11.4. The van der Waals surface area contributed by atoms with E-state index in [-0.39, 0.29) is 10.6 Å². The summed E-state index contributed by atoms with van der Waals surface area (Å²) in [6, 6.07) is 6.94. The Morgan fingerprint density at radius 1 is 1.36 bits per heavy atom. The van der Waals surface area contributed by atoms with Gasteiger partial charge in [-0.25, -0.2) is 0 Å². The molecule has 1 rings (SSSR count). The molecule has 25 heavy (non-hydrogen) atoms. The average Bonchev–Trinajstić information content (AvgIpc) is 2.62. The maximum atomic E-state index is 10.8. The van der Waals surface area contributed by atoms with Crippen molar-refractivity contribution >= 4 is 11.6 Å². The predicted octanol–water partition coefficient (Wildman–Crippen LogP) is 2.77. The number of hydrogen-bond donors (Lipinski definition) is 2. The second-order valence-electron chi connectivity index (χ2n) is 6.07. The van der Waals surface area contributed by atoms with Gasteiger partial charge in [0.25, 0.3) is 5.69 Å². The summed E-state index contributed by atoms with van der Waals surface area (Å²) in [4.78, 5) is 17.1. The summed E-state index contributed by atoms with van der Waals surface area (Å²) in [5, 5.41) is 17.4. The smallest absolute Gasteiger partial charge is 0.269 e. The number of nitrogens with one attached hydrogen (secondary N) is 2. The standard InChI is InChI=1S/C18H31N5O2/c1-5-22(6-2)12-8-9-15(3)21-18(19-4)20-14-16-10-7-11-17(13-16)23(24)25/h7,10-11,13,15H,5-6,8-9,12,14H2,1-4H3,(H2,19,20,21). The normalized spacial score (nSPS) is 12.9. The minimum atomic E-state index is -0.380. The molecule has 1 atom stereocenters. The molecular formula is C18H31N5O2. The lowest BCUT2D eigenvalue weighted by Gasteiger charge is -2.21. The number of aliphatic imine (C=N–C) groups is 1. The van der Waals surface area contributed by atoms with E-state index >= 15 is 0 Å². The molecule has 0 fully saturated rings. The molecular weight excluding hydrogens is 318 g/mol. The highest BCUT2D eigenvalue weighted by Crippen LogP contribution is 2.12. The molecule has 7 nitrogen and oxygen atoms in total. The number of non-ortho nitro benzene ring substituents is 1. The topological polar surface area (TPSA) is 82.8 Å². The van der Waals surface area contributed by atoms with E-state index in [4.69, 9.17) is 0 Å². The quantitative estimate of drug-likeness (QED) is 0.294. The average molecular weight is 349 g/mol. The highest BCUT2D eigenvalue weighted by atomic mass is 16.6. The summed E-state index contributed by atoms with van der Waals surface area (Å²) in [6.45, 7) is 10.3. The van der Waals surface area contributed by atoms with Gasteiger partial charge in [0.2, 0.25) is 0 Å². The number of nitro groups is 1. The Kier molecular flexibility index (Phi) is 9.54. The minimum Gasteiger partial charge on any atom is -0.354 e. The van der Waals surface area contributed by atoms with Crippen LogP contribution >= 0.6 is 0 Å². The number of hydrogen-bond acceptors (Lipinski definition) is 4. The largest absolute Gasteiger partial charge is 0.354 e. The summed E-state index contributed by atoms with van der Waals surface area (Å²) in [5.41, 5.74) is 0.957. The fourth-order valence-electron chi connectivity index (χ4n) is 2.63. The Hall–Kier alpha value is -2.15. The Morgan fingerprint density at radius 2 is 2.08 bits per heavy atom. The molecule has 0 saturated carbocycles. The van der Waals surface area contributed by atoms with Crippen LogP contribution in [0.4, 0.5) is 5.69 Å². The van der Waals surface area contributed by atoms with Crippen molar-refractivity contribution in [1.29, 1.82) is 0 Å². The molecule has 0 aromatic heterocycles. The van der Waals surface area contributed by atoms with Crippen LogP contribution in [0.1, 0.15) is 39.2 Å². The van der Waals surface area contributed by atoms with Crippen molar-refractivity contribution in [2.75, 3.05) is 26.7 Å². The van der Waals surface area contributed by atoms with Gasteiger partial charge < -0.3 is 15.5 Å². The molecule has 0 spiro atoms. The second-order valence-corrected chi connectivity index (χ2v) is 6.07. The lowest BCUT2D eigenvalue weighted by atomic mass is 10.1. The molecule has 0 saturated heterocycles. The van der Waals surface area contributed by atoms with E-state index in [9.17, 15) is 10.1 Å². The molecule has 1 unspecified atom stereocenters. The van der Waals surface area contributed by atoms with Gasteiger partial charge >= 0.3 is 0 Å². The van der Waals surface area contributed by atoms with Crippen LogP contribution in [0.2, 0.25) is 0 Å². The summed E-state index contributed by atoms with van der Waals surface area (Å²) in [5.74, 6) is 0.710. The van der Waals surface area contributed by atoms with Crippen LogP contribution in [0.25, 0.3) is 0 Å². The van der Waals surface area contributed by atoms with Crippen molar-refractivity contribution < 1.29 is 4.92 Å². The third-order valence-corrected chi connectivity index (χ3v) is 4.19. The lowest BCUT2D eigenvalue weighted by Crippen LogP contribution is -2.42. The Bertz CT molecular complexity index is 558. The molecule has 0 aliphatic heterocycles. The van der Waals surface area contributed by atoms with Crippen molar-refractivity contribution in [2.45, 2.75) is 46.2 Å². The Balaban J connectivity index is 2.41. The van der Waals surface area contributed by atoms with E-state index in [0.29, 0.717) is 18.5 Å². The van der Waals surface area contributed by atoms with Crippen molar-refractivity contribution in [1.82, 2.24) is 15.5 Å². The summed E-state index contributed by atoms with van der Waals surface area (Å²) < 4.78 is 0. The summed E-state index contributed by atoms with van der Waals surface area (Å²) in [6.07, 6.45) is 2.20. The van der Waals surface area contributed by atoms with Crippen molar-refractivity contribution in [2.24, 2.45) is 4.99 Å². The number of rotatable bonds is 10. The number of nitrogens with zero attached hydrogens (tertiary/aromatic N) is 3. The molecule has 0 amide bonds. The molecule has 0 bridgehead atoms. The third kappa shape index (κ3) is 7.98. The molecule has 0 aliphatic rings.